The minimum atomic E-state index is -0.698. The van der Waals surface area contributed by atoms with E-state index < -0.39 is 29.7 Å². The van der Waals surface area contributed by atoms with Crippen LogP contribution in [0.1, 0.15) is 50.3 Å². The summed E-state index contributed by atoms with van der Waals surface area (Å²) in [6.07, 6.45) is 1.74. The molecule has 0 saturated carbocycles. The highest BCUT2D eigenvalue weighted by Crippen LogP contribution is 2.44. The summed E-state index contributed by atoms with van der Waals surface area (Å²) in [5.41, 5.74) is 5.95. The van der Waals surface area contributed by atoms with E-state index in [1.54, 1.807) is 6.92 Å². The van der Waals surface area contributed by atoms with E-state index in [0.29, 0.717) is 11.4 Å². The summed E-state index contributed by atoms with van der Waals surface area (Å²) in [4.78, 5) is 29.4. The zero-order chi connectivity index (χ0) is 29.1. The predicted octanol–water partition coefficient (Wildman–Crippen LogP) is 6.26. The third kappa shape index (κ3) is 6.43. The van der Waals surface area contributed by atoms with Crippen molar-refractivity contribution in [1.82, 2.24) is 15.6 Å². The van der Waals surface area contributed by atoms with Gasteiger partial charge in [0.1, 0.15) is 18.2 Å². The maximum Gasteiger partial charge on any atom is 0.407 e. The molecule has 3 aromatic carbocycles. The Labute approximate surface area is 245 Å². The summed E-state index contributed by atoms with van der Waals surface area (Å²) >= 11 is 5.72. The highest BCUT2D eigenvalue weighted by molar-refractivity contribution is 7.80. The summed E-state index contributed by atoms with van der Waals surface area (Å²) in [7, 11) is 0. The summed E-state index contributed by atoms with van der Waals surface area (Å²) in [6, 6.07) is 23.0. The van der Waals surface area contributed by atoms with Gasteiger partial charge in [0, 0.05) is 29.4 Å². The van der Waals surface area contributed by atoms with Gasteiger partial charge in [0.05, 0.1) is 11.0 Å². The first-order valence-corrected chi connectivity index (χ1v) is 14.2. The number of ether oxygens (including phenoxy) is 2. The quantitative estimate of drug-likeness (QED) is 0.171. The number of benzene rings is 3. The Hall–Kier alpha value is -4.17. The molecular weight excluding hydrogens is 534 g/mol. The molecule has 1 aromatic heterocycles. The molecule has 0 bridgehead atoms. The lowest BCUT2D eigenvalue weighted by atomic mass is 9.98. The van der Waals surface area contributed by atoms with Gasteiger partial charge in [-0.25, -0.2) is 9.59 Å². The lowest BCUT2D eigenvalue weighted by Crippen LogP contribution is -2.51. The third-order valence-corrected chi connectivity index (χ3v) is 7.57. The SMILES string of the molecule is C[C@H](NC(=S)[C@H](Cc1c[nH]c2ccccc12)NC(=O)OCC1c2ccccc2-c2ccccc21)C(=O)OC(C)(C)C. The number of hydrogen-bond acceptors (Lipinski definition) is 5. The Kier molecular flexibility index (Phi) is 8.13. The molecule has 0 radical (unpaired) electrons. The molecule has 8 heteroatoms. The van der Waals surface area contributed by atoms with Crippen LogP contribution in [0.3, 0.4) is 0 Å². The normalized spacial score (nSPS) is 14.0. The van der Waals surface area contributed by atoms with Crippen molar-refractivity contribution >= 4 is 40.2 Å². The topological polar surface area (TPSA) is 92.5 Å². The van der Waals surface area contributed by atoms with Gasteiger partial charge in [-0.05, 0) is 61.6 Å². The number of fused-ring (bicyclic) bond motifs is 4. The van der Waals surface area contributed by atoms with Gasteiger partial charge in [-0.15, -0.1) is 0 Å². The van der Waals surface area contributed by atoms with E-state index in [-0.39, 0.29) is 12.5 Å². The fourth-order valence-corrected chi connectivity index (χ4v) is 5.59. The summed E-state index contributed by atoms with van der Waals surface area (Å²) < 4.78 is 11.3. The number of carbonyl (C=O) groups excluding carboxylic acids is 2. The van der Waals surface area contributed by atoms with Gasteiger partial charge in [0.25, 0.3) is 0 Å². The number of esters is 1. The van der Waals surface area contributed by atoms with Gasteiger partial charge in [-0.1, -0.05) is 78.9 Å². The van der Waals surface area contributed by atoms with Crippen molar-refractivity contribution in [2.75, 3.05) is 6.61 Å². The van der Waals surface area contributed by atoms with Gasteiger partial charge in [0.15, 0.2) is 0 Å². The molecular formula is C33H35N3O4S. The Morgan fingerprint density at radius 2 is 1.54 bits per heavy atom. The van der Waals surface area contributed by atoms with Crippen LogP contribution in [0.15, 0.2) is 79.0 Å². The molecule has 41 heavy (non-hydrogen) atoms. The van der Waals surface area contributed by atoms with E-state index in [1.165, 1.54) is 0 Å². The molecule has 3 N–H and O–H groups in total. The number of thiocarbonyl (C=S) groups is 1. The molecule has 7 nitrogen and oxygen atoms in total. The summed E-state index contributed by atoms with van der Waals surface area (Å²) in [5.74, 6) is -0.482. The number of nitrogens with one attached hydrogen (secondary N) is 3. The monoisotopic (exact) mass is 569 g/mol. The minimum absolute atomic E-state index is 0.0579. The highest BCUT2D eigenvalue weighted by Gasteiger charge is 2.30. The van der Waals surface area contributed by atoms with Crippen LogP contribution in [0.25, 0.3) is 22.0 Å². The highest BCUT2D eigenvalue weighted by atomic mass is 32.1. The zero-order valence-corrected chi connectivity index (χ0v) is 24.5. The van der Waals surface area contributed by atoms with Crippen molar-refractivity contribution in [2.24, 2.45) is 0 Å². The fourth-order valence-electron chi connectivity index (χ4n) is 5.28. The van der Waals surface area contributed by atoms with Crippen LogP contribution in [0.4, 0.5) is 4.79 Å². The first kappa shape index (κ1) is 28.4. The molecule has 5 rings (SSSR count). The number of H-pyrrole nitrogens is 1. The molecule has 0 fully saturated rings. The second kappa shape index (κ2) is 11.7. The number of amides is 1. The molecule has 212 valence electrons. The van der Waals surface area contributed by atoms with E-state index in [4.69, 9.17) is 21.7 Å². The molecule has 4 aromatic rings. The van der Waals surface area contributed by atoms with E-state index >= 15 is 0 Å². The molecule has 1 amide bonds. The van der Waals surface area contributed by atoms with Gasteiger partial charge < -0.3 is 25.1 Å². The summed E-state index contributed by atoms with van der Waals surface area (Å²) in [5, 5.41) is 7.06. The minimum Gasteiger partial charge on any atom is -0.458 e. The van der Waals surface area contributed by atoms with Crippen molar-refractivity contribution in [3.05, 3.63) is 95.7 Å². The Balaban J connectivity index is 1.31. The Morgan fingerprint density at radius 3 is 2.20 bits per heavy atom. The standard InChI is InChI=1S/C33H35N3O4S/c1-20(31(37)40-33(2,3)4)35-30(41)29(17-21-18-34-28-16-10-9-11-22(21)28)36-32(38)39-19-27-25-14-7-5-12-23(25)24-13-6-8-15-26(24)27/h5-16,18,20,27,29,34H,17,19H2,1-4H3,(H,35,41)(H,36,38)/t20-,29-/m0/s1. The van der Waals surface area contributed by atoms with Crippen LogP contribution >= 0.6 is 12.2 Å². The third-order valence-electron chi connectivity index (χ3n) is 7.17. The predicted molar refractivity (Wildman–Crippen MR) is 165 cm³/mol. The van der Waals surface area contributed by atoms with Crippen molar-refractivity contribution < 1.29 is 19.1 Å². The van der Waals surface area contributed by atoms with Crippen LogP contribution in [0, 0.1) is 0 Å². The van der Waals surface area contributed by atoms with Crippen LogP contribution in [0.5, 0.6) is 0 Å². The van der Waals surface area contributed by atoms with Gasteiger partial charge in [0.2, 0.25) is 0 Å². The number of para-hydroxylation sites is 1. The van der Waals surface area contributed by atoms with E-state index in [2.05, 4.69) is 39.9 Å². The number of rotatable bonds is 8. The largest absolute Gasteiger partial charge is 0.458 e. The lowest BCUT2D eigenvalue weighted by Gasteiger charge is -2.26. The number of aromatic amines is 1. The second-order valence-corrected chi connectivity index (χ2v) is 11.8. The molecule has 0 saturated heterocycles. The van der Waals surface area contributed by atoms with Crippen LogP contribution < -0.4 is 10.6 Å². The number of hydrogen-bond donors (Lipinski definition) is 3. The van der Waals surface area contributed by atoms with Gasteiger partial charge in [-0.2, -0.15) is 0 Å². The molecule has 1 aliphatic carbocycles. The molecule has 0 aliphatic heterocycles. The molecule has 1 aliphatic rings. The number of carbonyl (C=O) groups is 2. The molecule has 0 spiro atoms. The fraction of sp³-hybridized carbons (Fsp3) is 0.303. The number of alkyl carbamates (subject to hydrolysis) is 1. The molecule has 1 heterocycles. The Morgan fingerprint density at radius 1 is 0.927 bits per heavy atom. The maximum absolute atomic E-state index is 13.2. The van der Waals surface area contributed by atoms with Crippen molar-refractivity contribution in [3.63, 3.8) is 0 Å². The number of aromatic nitrogens is 1. The van der Waals surface area contributed by atoms with Crippen LogP contribution in [0.2, 0.25) is 0 Å². The second-order valence-electron chi connectivity index (χ2n) is 11.3. The van der Waals surface area contributed by atoms with Crippen molar-refractivity contribution in [3.8, 4) is 11.1 Å². The maximum atomic E-state index is 13.2. The first-order chi connectivity index (χ1) is 19.6. The smallest absolute Gasteiger partial charge is 0.407 e. The summed E-state index contributed by atoms with van der Waals surface area (Å²) in [6.45, 7) is 7.32. The average Bonchev–Trinajstić information content (AvgIpc) is 3.49. The lowest BCUT2D eigenvalue weighted by molar-refractivity contribution is -0.156. The van der Waals surface area contributed by atoms with Crippen LogP contribution in [-0.2, 0) is 20.7 Å². The van der Waals surface area contributed by atoms with E-state index in [1.807, 2.05) is 75.5 Å². The van der Waals surface area contributed by atoms with E-state index in [0.717, 1.165) is 38.7 Å². The first-order valence-electron chi connectivity index (χ1n) is 13.8. The molecule has 0 unspecified atom stereocenters. The Bertz CT molecular complexity index is 1540. The average molecular weight is 570 g/mol. The van der Waals surface area contributed by atoms with Crippen molar-refractivity contribution in [1.29, 1.82) is 0 Å². The van der Waals surface area contributed by atoms with Gasteiger partial charge in [-0.3, -0.25) is 0 Å². The molecule has 2 atom stereocenters. The van der Waals surface area contributed by atoms with Gasteiger partial charge >= 0.3 is 12.1 Å². The zero-order valence-electron chi connectivity index (χ0n) is 23.7. The van der Waals surface area contributed by atoms with Crippen LogP contribution in [-0.4, -0.2) is 46.3 Å². The van der Waals surface area contributed by atoms with E-state index in [9.17, 15) is 9.59 Å². The van der Waals surface area contributed by atoms with Crippen molar-refractivity contribution in [2.45, 2.75) is 57.7 Å².